The Morgan fingerprint density at radius 2 is 2.00 bits per heavy atom. The fourth-order valence-electron chi connectivity index (χ4n) is 1.28. The Labute approximate surface area is 105 Å². The number of phenolic OH excluding ortho intramolecular Hbond substituents is 1. The van der Waals surface area contributed by atoms with Crippen LogP contribution < -0.4 is 0 Å². The van der Waals surface area contributed by atoms with E-state index in [0.29, 0.717) is 17.0 Å². The highest BCUT2D eigenvalue weighted by atomic mass is 35.5. The molecule has 5 heteroatoms. The fourth-order valence-corrected chi connectivity index (χ4v) is 1.46. The molecule has 0 unspecified atom stereocenters. The van der Waals surface area contributed by atoms with Gasteiger partial charge in [-0.2, -0.15) is 0 Å². The lowest BCUT2D eigenvalue weighted by Gasteiger charge is -2.23. The second-order valence-corrected chi connectivity index (χ2v) is 4.29. The first-order valence-corrected chi connectivity index (χ1v) is 5.70. The monoisotopic (exact) mass is 257 g/mol. The molecule has 1 aromatic carbocycles. The van der Waals surface area contributed by atoms with Gasteiger partial charge >= 0.3 is 0 Å². The topological polar surface area (TPSA) is 73.0 Å². The first-order chi connectivity index (χ1) is 8.06. The van der Waals surface area contributed by atoms with Crippen molar-refractivity contribution in [1.29, 1.82) is 0 Å². The van der Waals surface area contributed by atoms with Crippen molar-refractivity contribution in [2.45, 2.75) is 18.9 Å². The van der Waals surface area contributed by atoms with E-state index in [9.17, 15) is 15.3 Å². The van der Waals surface area contributed by atoms with Crippen LogP contribution in [0.5, 0.6) is 5.75 Å². The summed E-state index contributed by atoms with van der Waals surface area (Å²) in [4.78, 5) is 4.14. The Morgan fingerprint density at radius 3 is 2.53 bits per heavy atom. The number of phenols is 1. The van der Waals surface area contributed by atoms with Gasteiger partial charge in [-0.15, -0.1) is 0 Å². The number of aliphatic hydroxyl groups is 2. The van der Waals surface area contributed by atoms with Gasteiger partial charge in [-0.25, -0.2) is 0 Å². The molecule has 0 fully saturated rings. The highest BCUT2D eigenvalue weighted by molar-refractivity contribution is 6.30. The highest BCUT2D eigenvalue weighted by Crippen LogP contribution is 2.21. The average Bonchev–Trinajstić information content (AvgIpc) is 2.35. The van der Waals surface area contributed by atoms with E-state index in [2.05, 4.69) is 4.99 Å². The third-order valence-electron chi connectivity index (χ3n) is 2.71. The normalized spacial score (nSPS) is 12.2. The SMILES string of the molecule is CCC(CO)(CO)N=Cc1cc(Cl)ccc1O. The maximum Gasteiger partial charge on any atom is 0.124 e. The van der Waals surface area contributed by atoms with Crippen molar-refractivity contribution in [3.8, 4) is 5.75 Å². The van der Waals surface area contributed by atoms with Gasteiger partial charge in [0.05, 0.1) is 13.2 Å². The molecule has 0 saturated carbocycles. The van der Waals surface area contributed by atoms with Gasteiger partial charge in [0.15, 0.2) is 0 Å². The van der Waals surface area contributed by atoms with Crippen LogP contribution in [0.1, 0.15) is 18.9 Å². The summed E-state index contributed by atoms with van der Waals surface area (Å²) in [7, 11) is 0. The number of hydrogen-bond donors (Lipinski definition) is 3. The molecule has 0 amide bonds. The second-order valence-electron chi connectivity index (χ2n) is 3.86. The number of halogens is 1. The molecule has 0 aliphatic rings. The number of aromatic hydroxyl groups is 1. The van der Waals surface area contributed by atoms with E-state index in [4.69, 9.17) is 11.6 Å². The molecule has 0 aromatic heterocycles. The largest absolute Gasteiger partial charge is 0.507 e. The lowest BCUT2D eigenvalue weighted by Crippen LogP contribution is -2.34. The molecule has 0 bridgehead atoms. The van der Waals surface area contributed by atoms with Crippen LogP contribution in [0.15, 0.2) is 23.2 Å². The summed E-state index contributed by atoms with van der Waals surface area (Å²) in [6.07, 6.45) is 1.91. The third-order valence-corrected chi connectivity index (χ3v) is 2.95. The Kier molecular flexibility index (Phi) is 4.93. The Morgan fingerprint density at radius 1 is 1.35 bits per heavy atom. The minimum Gasteiger partial charge on any atom is -0.507 e. The number of aliphatic imine (C=N–C) groups is 1. The summed E-state index contributed by atoms with van der Waals surface area (Å²) in [5, 5.41) is 28.5. The Hall–Kier alpha value is -1.10. The maximum absolute atomic E-state index is 9.58. The summed E-state index contributed by atoms with van der Waals surface area (Å²) in [6, 6.07) is 4.60. The molecule has 0 atom stereocenters. The molecular weight excluding hydrogens is 242 g/mol. The number of benzene rings is 1. The lowest BCUT2D eigenvalue weighted by atomic mass is 9.99. The van der Waals surface area contributed by atoms with Crippen molar-refractivity contribution >= 4 is 17.8 Å². The summed E-state index contributed by atoms with van der Waals surface area (Å²) in [5.74, 6) is 0.0547. The number of hydrogen-bond acceptors (Lipinski definition) is 4. The zero-order valence-electron chi connectivity index (χ0n) is 9.60. The van der Waals surface area contributed by atoms with Crippen molar-refractivity contribution in [1.82, 2.24) is 0 Å². The Bertz CT molecular complexity index is 394. The van der Waals surface area contributed by atoms with Gasteiger partial charge < -0.3 is 15.3 Å². The molecule has 0 aliphatic carbocycles. The smallest absolute Gasteiger partial charge is 0.124 e. The van der Waals surface area contributed by atoms with E-state index >= 15 is 0 Å². The Balaban J connectivity index is 2.99. The number of nitrogens with zero attached hydrogens (tertiary/aromatic N) is 1. The summed E-state index contributed by atoms with van der Waals surface area (Å²) < 4.78 is 0. The summed E-state index contributed by atoms with van der Waals surface area (Å²) >= 11 is 5.80. The van der Waals surface area contributed by atoms with Crippen LogP contribution in [0.3, 0.4) is 0 Å². The molecule has 0 aliphatic heterocycles. The minimum absolute atomic E-state index is 0.0547. The van der Waals surface area contributed by atoms with Crippen LogP contribution in [0.25, 0.3) is 0 Å². The molecule has 17 heavy (non-hydrogen) atoms. The molecule has 0 spiro atoms. The van der Waals surface area contributed by atoms with Crippen LogP contribution in [0.2, 0.25) is 5.02 Å². The van der Waals surface area contributed by atoms with Crippen LogP contribution >= 0.6 is 11.6 Å². The minimum atomic E-state index is -0.908. The van der Waals surface area contributed by atoms with Crippen LogP contribution in [0.4, 0.5) is 0 Å². The molecule has 94 valence electrons. The van der Waals surface area contributed by atoms with Crippen molar-refractivity contribution in [2.24, 2.45) is 4.99 Å². The summed E-state index contributed by atoms with van der Waals surface area (Å²) in [5.41, 5.74) is -0.452. The molecular formula is C12H16ClNO3. The van der Waals surface area contributed by atoms with Gasteiger partial charge in [-0.05, 0) is 24.6 Å². The highest BCUT2D eigenvalue weighted by Gasteiger charge is 2.24. The van der Waals surface area contributed by atoms with Crippen molar-refractivity contribution in [2.75, 3.05) is 13.2 Å². The standard InChI is InChI=1S/C12H16ClNO3/c1-2-12(7-15,8-16)14-6-9-5-10(13)3-4-11(9)17/h3-6,15-17H,2,7-8H2,1H3. The van der Waals surface area contributed by atoms with E-state index in [1.54, 1.807) is 12.1 Å². The van der Waals surface area contributed by atoms with Gasteiger partial charge in [0.1, 0.15) is 11.3 Å². The van der Waals surface area contributed by atoms with E-state index in [1.807, 2.05) is 6.92 Å². The molecule has 0 radical (unpaired) electrons. The molecule has 4 nitrogen and oxygen atoms in total. The van der Waals surface area contributed by atoms with Gasteiger partial charge in [-0.3, -0.25) is 4.99 Å². The zero-order chi connectivity index (χ0) is 12.9. The predicted octanol–water partition coefficient (Wildman–Crippen LogP) is 1.60. The van der Waals surface area contributed by atoms with E-state index in [1.165, 1.54) is 12.3 Å². The molecule has 0 saturated heterocycles. The maximum atomic E-state index is 9.58. The lowest BCUT2D eigenvalue weighted by molar-refractivity contribution is 0.120. The first kappa shape index (κ1) is 14.0. The van der Waals surface area contributed by atoms with Crippen LogP contribution in [-0.2, 0) is 0 Å². The number of rotatable bonds is 5. The summed E-state index contributed by atoms with van der Waals surface area (Å²) in [6.45, 7) is 1.32. The van der Waals surface area contributed by atoms with Gasteiger partial charge in [0, 0.05) is 16.8 Å². The van der Waals surface area contributed by atoms with E-state index < -0.39 is 5.54 Å². The van der Waals surface area contributed by atoms with Gasteiger partial charge in [0.25, 0.3) is 0 Å². The third kappa shape index (κ3) is 3.43. The second kappa shape index (κ2) is 6.00. The predicted molar refractivity (Wildman–Crippen MR) is 67.9 cm³/mol. The van der Waals surface area contributed by atoms with Crippen LogP contribution in [-0.4, -0.2) is 40.3 Å². The molecule has 1 rings (SSSR count). The average molecular weight is 258 g/mol. The van der Waals surface area contributed by atoms with Gasteiger partial charge in [-0.1, -0.05) is 18.5 Å². The quantitative estimate of drug-likeness (QED) is 0.702. The zero-order valence-corrected chi connectivity index (χ0v) is 10.4. The molecule has 3 N–H and O–H groups in total. The van der Waals surface area contributed by atoms with E-state index in [0.717, 1.165) is 0 Å². The van der Waals surface area contributed by atoms with Crippen molar-refractivity contribution in [3.63, 3.8) is 0 Å². The van der Waals surface area contributed by atoms with Crippen molar-refractivity contribution < 1.29 is 15.3 Å². The molecule has 1 aromatic rings. The fraction of sp³-hybridized carbons (Fsp3) is 0.417. The number of aliphatic hydroxyl groups excluding tert-OH is 2. The van der Waals surface area contributed by atoms with Gasteiger partial charge in [0.2, 0.25) is 0 Å². The molecule has 0 heterocycles. The first-order valence-electron chi connectivity index (χ1n) is 5.32. The van der Waals surface area contributed by atoms with E-state index in [-0.39, 0.29) is 19.0 Å². The van der Waals surface area contributed by atoms with Crippen molar-refractivity contribution in [3.05, 3.63) is 28.8 Å². The van der Waals surface area contributed by atoms with Crippen LogP contribution in [0, 0.1) is 0 Å².